The molecule has 0 amide bonds. The average molecular weight is 187 g/mol. The van der Waals surface area contributed by atoms with Crippen LogP contribution in [-0.2, 0) is 10.3 Å². The van der Waals surface area contributed by atoms with Crippen LogP contribution in [0.3, 0.4) is 0 Å². The summed E-state index contributed by atoms with van der Waals surface area (Å²) < 4.78 is 0. The van der Waals surface area contributed by atoms with Crippen LogP contribution in [0, 0.1) is 0 Å². The van der Waals surface area contributed by atoms with E-state index in [0.29, 0.717) is 6.42 Å². The third-order valence-corrected chi connectivity index (χ3v) is 1.49. The van der Waals surface area contributed by atoms with Gasteiger partial charge in [-0.05, 0) is 6.42 Å². The van der Waals surface area contributed by atoms with Crippen LogP contribution < -0.4 is 0 Å². The molecule has 3 nitrogen and oxygen atoms in total. The van der Waals surface area contributed by atoms with Crippen molar-refractivity contribution in [1.82, 2.24) is 0 Å². The summed E-state index contributed by atoms with van der Waals surface area (Å²) in [6, 6.07) is 0. The molecule has 0 radical (unpaired) electrons. The summed E-state index contributed by atoms with van der Waals surface area (Å²) in [7, 11) is 0. The van der Waals surface area contributed by atoms with Crippen molar-refractivity contribution >= 4 is 23.3 Å². The van der Waals surface area contributed by atoms with Gasteiger partial charge in [0.15, 0.2) is 0 Å². The Kier molecular flexibility index (Phi) is 20.2. The van der Waals surface area contributed by atoms with E-state index in [-0.39, 0.29) is 22.8 Å². The van der Waals surface area contributed by atoms with Gasteiger partial charge in [-0.3, -0.25) is 4.79 Å². The Morgan fingerprint density at radius 1 is 1.17 bits per heavy atom. The molecule has 0 bridgehead atoms. The van der Waals surface area contributed by atoms with Crippen molar-refractivity contribution in [1.29, 1.82) is 0 Å². The first-order valence-electron chi connectivity index (χ1n) is 3.99. The number of carboxylic acid groups (broad SMARTS) is 1. The van der Waals surface area contributed by atoms with Gasteiger partial charge in [-0.2, -0.15) is 0 Å². The van der Waals surface area contributed by atoms with Crippen LogP contribution in [0.25, 0.3) is 0 Å². The molecule has 0 fully saturated rings. The quantitative estimate of drug-likeness (QED) is 0.510. The molecule has 0 atom stereocenters. The molecule has 0 aromatic rings. The van der Waals surface area contributed by atoms with Gasteiger partial charge in [-0.25, -0.2) is 0 Å². The minimum Gasteiger partial charge on any atom is -2.00 e. The molecular formula is C8H16AlO3+. The molecule has 12 heavy (non-hydrogen) atoms. The first kappa shape index (κ1) is 17.9. The zero-order chi connectivity index (χ0) is 7.82. The average Bonchev–Trinajstić information content (AvgIpc) is 1.87. The molecule has 0 aliphatic rings. The van der Waals surface area contributed by atoms with E-state index in [1.807, 2.05) is 0 Å². The second-order valence-electron chi connectivity index (χ2n) is 2.56. The number of hydrogen-bond donors (Lipinski definition) is 1. The van der Waals surface area contributed by atoms with E-state index in [9.17, 15) is 4.79 Å². The van der Waals surface area contributed by atoms with Crippen LogP contribution in [0.2, 0.25) is 0 Å². The van der Waals surface area contributed by atoms with Crippen molar-refractivity contribution in [2.75, 3.05) is 0 Å². The summed E-state index contributed by atoms with van der Waals surface area (Å²) in [4.78, 5) is 10.0. The fourth-order valence-corrected chi connectivity index (χ4v) is 0.880. The molecule has 68 valence electrons. The number of unbranched alkanes of at least 4 members (excludes halogenated alkanes) is 4. The fourth-order valence-electron chi connectivity index (χ4n) is 0.880. The second-order valence-corrected chi connectivity index (χ2v) is 2.56. The Labute approximate surface area is 84.6 Å². The third kappa shape index (κ3) is 16.5. The smallest absolute Gasteiger partial charge is 2.00 e. The normalized spacial score (nSPS) is 8.08. The number of rotatable bonds is 6. The van der Waals surface area contributed by atoms with Crippen LogP contribution in [0.4, 0.5) is 0 Å². The van der Waals surface area contributed by atoms with Crippen LogP contribution in [0.5, 0.6) is 0 Å². The maximum atomic E-state index is 10.0. The molecule has 0 aliphatic heterocycles. The maximum absolute atomic E-state index is 10.0. The molecule has 0 aromatic heterocycles. The predicted octanol–water partition coefficient (Wildman–Crippen LogP) is 1.93. The van der Waals surface area contributed by atoms with Gasteiger partial charge in [0.05, 0.1) is 0 Å². The number of carboxylic acids is 1. The van der Waals surface area contributed by atoms with Crippen LogP contribution >= 0.6 is 0 Å². The Balaban J connectivity index is -0.000000405. The molecule has 0 spiro atoms. The topological polar surface area (TPSA) is 65.8 Å². The van der Waals surface area contributed by atoms with Gasteiger partial charge in [-0.15, -0.1) is 0 Å². The molecule has 0 saturated carbocycles. The monoisotopic (exact) mass is 187 g/mol. The van der Waals surface area contributed by atoms with Crippen LogP contribution in [-0.4, -0.2) is 28.4 Å². The molecule has 1 N–H and O–H groups in total. The number of aliphatic carboxylic acids is 1. The third-order valence-electron chi connectivity index (χ3n) is 1.49. The standard InChI is InChI=1S/C8H16O2.Al.O/c1-2-3-4-5-6-7-8(9)10;;/h2-7H2,1H3,(H,9,10);;/q;+3;-2. The zero-order valence-electron chi connectivity index (χ0n) is 7.58. The van der Waals surface area contributed by atoms with Crippen molar-refractivity contribution in [3.63, 3.8) is 0 Å². The van der Waals surface area contributed by atoms with Crippen LogP contribution in [0.15, 0.2) is 0 Å². The van der Waals surface area contributed by atoms with E-state index in [4.69, 9.17) is 5.11 Å². The fraction of sp³-hybridized carbons (Fsp3) is 0.875. The number of carbonyl (C=O) groups is 1. The van der Waals surface area contributed by atoms with Crippen molar-refractivity contribution in [2.24, 2.45) is 0 Å². The van der Waals surface area contributed by atoms with Gasteiger partial charge < -0.3 is 10.6 Å². The van der Waals surface area contributed by atoms with E-state index in [0.717, 1.165) is 12.8 Å². The molecule has 4 heteroatoms. The Bertz CT molecular complexity index is 96.3. The minimum atomic E-state index is -0.670. The first-order valence-corrected chi connectivity index (χ1v) is 3.99. The predicted molar refractivity (Wildman–Crippen MR) is 47.5 cm³/mol. The summed E-state index contributed by atoms with van der Waals surface area (Å²) in [5.74, 6) is -0.670. The summed E-state index contributed by atoms with van der Waals surface area (Å²) in [5, 5.41) is 8.27. The van der Waals surface area contributed by atoms with E-state index in [1.165, 1.54) is 19.3 Å². The Morgan fingerprint density at radius 3 is 2.08 bits per heavy atom. The molecule has 0 unspecified atom stereocenters. The number of hydrogen-bond acceptors (Lipinski definition) is 1. The van der Waals surface area contributed by atoms with E-state index >= 15 is 0 Å². The SMILES string of the molecule is CCCCCCCC(=O)O.[Al+3].[O-2]. The Hall–Kier alpha value is -0.0375. The summed E-state index contributed by atoms with van der Waals surface area (Å²) in [5.41, 5.74) is 0. The molecule has 0 aromatic carbocycles. The first-order chi connectivity index (χ1) is 4.77. The summed E-state index contributed by atoms with van der Waals surface area (Å²) in [6.07, 6.45) is 5.88. The Morgan fingerprint density at radius 2 is 1.67 bits per heavy atom. The van der Waals surface area contributed by atoms with Gasteiger partial charge in [0.25, 0.3) is 0 Å². The van der Waals surface area contributed by atoms with E-state index < -0.39 is 5.97 Å². The minimum absolute atomic E-state index is 0. The second kappa shape index (κ2) is 13.5. The van der Waals surface area contributed by atoms with Crippen molar-refractivity contribution < 1.29 is 15.4 Å². The largest absolute Gasteiger partial charge is 3.00 e. The maximum Gasteiger partial charge on any atom is 3.00 e. The van der Waals surface area contributed by atoms with E-state index in [1.54, 1.807) is 0 Å². The van der Waals surface area contributed by atoms with Crippen molar-refractivity contribution in [3.05, 3.63) is 0 Å². The van der Waals surface area contributed by atoms with Gasteiger partial charge in [0.1, 0.15) is 0 Å². The summed E-state index contributed by atoms with van der Waals surface area (Å²) >= 11 is 0. The van der Waals surface area contributed by atoms with Gasteiger partial charge >= 0.3 is 23.3 Å². The van der Waals surface area contributed by atoms with Crippen LogP contribution in [0.1, 0.15) is 45.4 Å². The van der Waals surface area contributed by atoms with E-state index in [2.05, 4.69) is 6.92 Å². The molecule has 0 rings (SSSR count). The van der Waals surface area contributed by atoms with Gasteiger partial charge in [0.2, 0.25) is 0 Å². The molecular weight excluding hydrogens is 171 g/mol. The van der Waals surface area contributed by atoms with Gasteiger partial charge in [0, 0.05) is 6.42 Å². The molecule has 0 heterocycles. The zero-order valence-corrected chi connectivity index (χ0v) is 8.74. The van der Waals surface area contributed by atoms with Crippen molar-refractivity contribution in [2.45, 2.75) is 45.4 Å². The molecule has 0 aliphatic carbocycles. The van der Waals surface area contributed by atoms with Crippen molar-refractivity contribution in [3.8, 4) is 0 Å². The molecule has 0 saturated heterocycles. The summed E-state index contributed by atoms with van der Waals surface area (Å²) in [6.45, 7) is 2.15. The van der Waals surface area contributed by atoms with Gasteiger partial charge in [-0.1, -0.05) is 32.6 Å².